The SMILES string of the molecule is CC(C(=O)O)C1=Cc2cncnc2N(C)N1. The number of carbonyl (C=O) groups is 1. The smallest absolute Gasteiger partial charge is 0.312 e. The summed E-state index contributed by atoms with van der Waals surface area (Å²) in [6.45, 7) is 1.63. The first kappa shape index (κ1) is 10.4. The van der Waals surface area contributed by atoms with E-state index in [-0.39, 0.29) is 0 Å². The molecular weight excluding hydrogens is 208 g/mol. The summed E-state index contributed by atoms with van der Waals surface area (Å²) in [5, 5.41) is 10.6. The van der Waals surface area contributed by atoms with Crippen LogP contribution in [0.3, 0.4) is 0 Å². The molecule has 0 spiro atoms. The van der Waals surface area contributed by atoms with Crippen molar-refractivity contribution >= 4 is 17.9 Å². The summed E-state index contributed by atoms with van der Waals surface area (Å²) in [7, 11) is 1.79. The van der Waals surface area contributed by atoms with Gasteiger partial charge in [0.2, 0.25) is 0 Å². The zero-order valence-electron chi connectivity index (χ0n) is 9.01. The quantitative estimate of drug-likeness (QED) is 0.755. The van der Waals surface area contributed by atoms with Crippen LogP contribution in [0.5, 0.6) is 0 Å². The molecule has 1 aromatic heterocycles. The maximum Gasteiger partial charge on any atom is 0.312 e. The Hall–Kier alpha value is -2.11. The number of fused-ring (bicyclic) bond motifs is 1. The zero-order valence-corrected chi connectivity index (χ0v) is 9.01. The molecule has 6 heteroatoms. The summed E-state index contributed by atoms with van der Waals surface area (Å²) in [5.74, 6) is -0.723. The van der Waals surface area contributed by atoms with Crippen LogP contribution in [0.1, 0.15) is 12.5 Å². The summed E-state index contributed by atoms with van der Waals surface area (Å²) < 4.78 is 0. The first-order chi connectivity index (χ1) is 7.59. The van der Waals surface area contributed by atoms with E-state index in [9.17, 15) is 4.79 Å². The van der Waals surface area contributed by atoms with E-state index in [2.05, 4.69) is 15.4 Å². The third-order valence-electron chi connectivity index (χ3n) is 2.48. The Kier molecular flexibility index (Phi) is 2.47. The molecule has 2 heterocycles. The number of nitrogens with one attached hydrogen (secondary N) is 1. The number of rotatable bonds is 2. The lowest BCUT2D eigenvalue weighted by atomic mass is 10.1. The van der Waals surface area contributed by atoms with Gasteiger partial charge < -0.3 is 10.5 Å². The second-order valence-corrected chi connectivity index (χ2v) is 3.63. The van der Waals surface area contributed by atoms with E-state index in [1.165, 1.54) is 6.33 Å². The summed E-state index contributed by atoms with van der Waals surface area (Å²) >= 11 is 0. The molecule has 0 radical (unpaired) electrons. The molecule has 0 aromatic carbocycles. The molecule has 1 unspecified atom stereocenters. The molecule has 0 aliphatic carbocycles. The maximum atomic E-state index is 10.9. The predicted octanol–water partition coefficient (Wildman–Crippen LogP) is 0.493. The molecule has 2 N–H and O–H groups in total. The van der Waals surface area contributed by atoms with Crippen molar-refractivity contribution in [2.24, 2.45) is 5.92 Å². The molecule has 0 bridgehead atoms. The number of aromatic nitrogens is 2. The van der Waals surface area contributed by atoms with Gasteiger partial charge >= 0.3 is 5.97 Å². The summed E-state index contributed by atoms with van der Waals surface area (Å²) in [5.41, 5.74) is 4.41. The molecule has 0 amide bonds. The van der Waals surface area contributed by atoms with Gasteiger partial charge in [0, 0.05) is 24.5 Å². The molecular formula is C10H12N4O2. The van der Waals surface area contributed by atoms with Crippen molar-refractivity contribution in [3.63, 3.8) is 0 Å². The molecule has 1 atom stereocenters. The van der Waals surface area contributed by atoms with Crippen LogP contribution in [0.2, 0.25) is 0 Å². The summed E-state index contributed by atoms with van der Waals surface area (Å²) in [6, 6.07) is 0. The Balaban J connectivity index is 2.40. The van der Waals surface area contributed by atoms with Crippen LogP contribution >= 0.6 is 0 Å². The van der Waals surface area contributed by atoms with Crippen molar-refractivity contribution in [3.05, 3.63) is 23.8 Å². The Labute approximate surface area is 92.6 Å². The van der Waals surface area contributed by atoms with Crippen molar-refractivity contribution in [1.29, 1.82) is 0 Å². The number of aliphatic carboxylic acids is 1. The molecule has 0 saturated carbocycles. The molecule has 1 aliphatic rings. The van der Waals surface area contributed by atoms with Crippen LogP contribution < -0.4 is 10.4 Å². The Morgan fingerprint density at radius 1 is 1.62 bits per heavy atom. The van der Waals surface area contributed by atoms with Gasteiger partial charge in [0.05, 0.1) is 5.92 Å². The van der Waals surface area contributed by atoms with E-state index in [0.29, 0.717) is 5.70 Å². The van der Waals surface area contributed by atoms with E-state index < -0.39 is 11.9 Å². The van der Waals surface area contributed by atoms with Crippen LogP contribution in [0.25, 0.3) is 6.08 Å². The van der Waals surface area contributed by atoms with Gasteiger partial charge in [0.25, 0.3) is 0 Å². The van der Waals surface area contributed by atoms with Crippen molar-refractivity contribution in [2.45, 2.75) is 6.92 Å². The topological polar surface area (TPSA) is 78.3 Å². The van der Waals surface area contributed by atoms with Crippen LogP contribution in [-0.2, 0) is 4.79 Å². The lowest BCUT2D eigenvalue weighted by Gasteiger charge is -2.29. The third-order valence-corrected chi connectivity index (χ3v) is 2.48. The number of hydrogen-bond acceptors (Lipinski definition) is 5. The van der Waals surface area contributed by atoms with Gasteiger partial charge in [-0.2, -0.15) is 0 Å². The second-order valence-electron chi connectivity index (χ2n) is 3.63. The first-order valence-corrected chi connectivity index (χ1v) is 4.84. The highest BCUT2D eigenvalue weighted by atomic mass is 16.4. The van der Waals surface area contributed by atoms with E-state index in [1.807, 2.05) is 0 Å². The largest absolute Gasteiger partial charge is 0.481 e. The van der Waals surface area contributed by atoms with Gasteiger partial charge in [0.15, 0.2) is 5.82 Å². The molecule has 84 valence electrons. The number of hydrazine groups is 1. The average molecular weight is 220 g/mol. The molecule has 0 saturated heterocycles. The Morgan fingerprint density at radius 3 is 3.06 bits per heavy atom. The van der Waals surface area contributed by atoms with Gasteiger partial charge in [-0.3, -0.25) is 9.80 Å². The highest BCUT2D eigenvalue weighted by molar-refractivity contribution is 5.78. The van der Waals surface area contributed by atoms with Crippen molar-refractivity contribution in [1.82, 2.24) is 15.4 Å². The van der Waals surface area contributed by atoms with E-state index in [4.69, 9.17) is 5.11 Å². The van der Waals surface area contributed by atoms with Crippen LogP contribution in [0, 0.1) is 5.92 Å². The van der Waals surface area contributed by atoms with Crippen LogP contribution in [0.4, 0.5) is 5.82 Å². The Bertz CT molecular complexity index is 458. The standard InChI is InChI=1S/C10H12N4O2/c1-6(10(15)16)8-3-7-4-11-5-12-9(7)14(2)13-8/h3-6,13H,1-2H3,(H,15,16). The lowest BCUT2D eigenvalue weighted by molar-refractivity contribution is -0.139. The average Bonchev–Trinajstić information content (AvgIpc) is 2.28. The minimum atomic E-state index is -0.868. The highest BCUT2D eigenvalue weighted by Gasteiger charge is 2.23. The minimum Gasteiger partial charge on any atom is -0.481 e. The third kappa shape index (κ3) is 1.69. The molecule has 16 heavy (non-hydrogen) atoms. The van der Waals surface area contributed by atoms with E-state index in [0.717, 1.165) is 11.4 Å². The summed E-state index contributed by atoms with van der Waals surface area (Å²) in [6.07, 6.45) is 4.87. The van der Waals surface area contributed by atoms with Crippen molar-refractivity contribution < 1.29 is 9.90 Å². The van der Waals surface area contributed by atoms with Gasteiger partial charge in [-0.15, -0.1) is 0 Å². The van der Waals surface area contributed by atoms with E-state index in [1.54, 1.807) is 31.3 Å². The van der Waals surface area contributed by atoms with Crippen molar-refractivity contribution in [3.8, 4) is 0 Å². The van der Waals surface area contributed by atoms with Crippen LogP contribution in [-0.4, -0.2) is 28.1 Å². The number of nitrogens with zero attached hydrogens (tertiary/aromatic N) is 3. The van der Waals surface area contributed by atoms with Gasteiger partial charge in [0.1, 0.15) is 6.33 Å². The molecule has 2 rings (SSSR count). The zero-order chi connectivity index (χ0) is 11.7. The van der Waals surface area contributed by atoms with Crippen LogP contribution in [0.15, 0.2) is 18.2 Å². The molecule has 6 nitrogen and oxygen atoms in total. The maximum absolute atomic E-state index is 10.9. The minimum absolute atomic E-state index is 0.587. The summed E-state index contributed by atoms with van der Waals surface area (Å²) in [4.78, 5) is 18.9. The first-order valence-electron chi connectivity index (χ1n) is 4.84. The Morgan fingerprint density at radius 2 is 2.38 bits per heavy atom. The molecule has 1 aromatic rings. The lowest BCUT2D eigenvalue weighted by Crippen LogP contribution is -2.40. The highest BCUT2D eigenvalue weighted by Crippen LogP contribution is 2.24. The van der Waals surface area contributed by atoms with Gasteiger partial charge in [-0.25, -0.2) is 9.97 Å². The molecule has 0 fully saturated rings. The van der Waals surface area contributed by atoms with Crippen molar-refractivity contribution in [2.75, 3.05) is 12.1 Å². The monoisotopic (exact) mass is 220 g/mol. The van der Waals surface area contributed by atoms with Gasteiger partial charge in [-0.05, 0) is 13.0 Å². The van der Waals surface area contributed by atoms with E-state index >= 15 is 0 Å². The fourth-order valence-electron chi connectivity index (χ4n) is 1.52. The number of carboxylic acids is 1. The normalized spacial score (nSPS) is 15.9. The fourth-order valence-corrected chi connectivity index (χ4v) is 1.52. The number of anilines is 1. The van der Waals surface area contributed by atoms with Gasteiger partial charge in [-0.1, -0.05) is 0 Å². The number of carboxylic acid groups (broad SMARTS) is 1. The fraction of sp³-hybridized carbons (Fsp3) is 0.300. The predicted molar refractivity (Wildman–Crippen MR) is 58.3 cm³/mol. The second kappa shape index (κ2) is 3.80. The molecule has 1 aliphatic heterocycles. The number of hydrogen-bond donors (Lipinski definition) is 2.